The number of amides is 1. The summed E-state index contributed by atoms with van der Waals surface area (Å²) in [5.41, 5.74) is 1.59. The van der Waals surface area contributed by atoms with E-state index in [1.165, 1.54) is 30.3 Å². The second-order valence-electron chi connectivity index (χ2n) is 6.67. The number of rotatable bonds is 9. The summed E-state index contributed by atoms with van der Waals surface area (Å²) in [7, 11) is -3.74. The number of carbonyl (C=O) groups excluding carboxylic acids is 1. The Balaban J connectivity index is 1.51. The Morgan fingerprint density at radius 1 is 0.875 bits per heavy atom. The summed E-state index contributed by atoms with van der Waals surface area (Å²) < 4.78 is 27.3. The Morgan fingerprint density at radius 3 is 2.31 bits per heavy atom. The van der Waals surface area contributed by atoms with Gasteiger partial charge in [0.1, 0.15) is 0 Å². The van der Waals surface area contributed by atoms with Crippen molar-refractivity contribution in [3.05, 3.63) is 92.9 Å². The second-order valence-corrected chi connectivity index (χ2v) is 10.7. The lowest BCUT2D eigenvalue weighted by molar-refractivity contribution is 0.0956. The highest BCUT2D eigenvalue weighted by Crippen LogP contribution is 2.25. The maximum Gasteiger partial charge on any atom is 0.261 e. The van der Waals surface area contributed by atoms with Crippen LogP contribution in [0.4, 0.5) is 5.69 Å². The monoisotopic (exact) mass is 528 g/mol. The number of carbonyl (C=O) groups is 1. The average molecular weight is 530 g/mol. The van der Waals surface area contributed by atoms with Crippen molar-refractivity contribution in [3.8, 4) is 0 Å². The molecule has 3 aromatic rings. The third-order valence-corrected chi connectivity index (χ3v) is 7.78. The molecule has 0 heterocycles. The van der Waals surface area contributed by atoms with Crippen molar-refractivity contribution in [2.24, 2.45) is 0 Å². The lowest BCUT2D eigenvalue weighted by atomic mass is 10.2. The first-order valence-electron chi connectivity index (χ1n) is 9.43. The molecule has 0 aliphatic heterocycles. The van der Waals surface area contributed by atoms with Crippen molar-refractivity contribution in [1.82, 2.24) is 5.32 Å². The minimum absolute atomic E-state index is 0.135. The normalized spacial score (nSPS) is 11.2. The fourth-order valence-corrected chi connectivity index (χ4v) is 5.19. The molecule has 3 rings (SSSR count). The van der Waals surface area contributed by atoms with Crippen LogP contribution in [0.2, 0.25) is 15.1 Å². The Morgan fingerprint density at radius 2 is 1.62 bits per heavy atom. The summed E-state index contributed by atoms with van der Waals surface area (Å²) in [6.45, 7) is 0.448. The van der Waals surface area contributed by atoms with Crippen molar-refractivity contribution in [2.75, 3.05) is 17.0 Å². The molecule has 2 N–H and O–H groups in total. The number of halogens is 3. The third kappa shape index (κ3) is 6.80. The van der Waals surface area contributed by atoms with Gasteiger partial charge in [-0.2, -0.15) is 11.8 Å². The summed E-state index contributed by atoms with van der Waals surface area (Å²) in [5.74, 6) is 1.10. The molecule has 0 aliphatic carbocycles. The van der Waals surface area contributed by atoms with Gasteiger partial charge < -0.3 is 5.32 Å². The van der Waals surface area contributed by atoms with E-state index in [0.29, 0.717) is 22.3 Å². The summed E-state index contributed by atoms with van der Waals surface area (Å²) in [6, 6.07) is 17.9. The fourth-order valence-electron chi connectivity index (χ4n) is 2.73. The molecule has 10 heteroatoms. The quantitative estimate of drug-likeness (QED) is 0.328. The highest BCUT2D eigenvalue weighted by atomic mass is 35.5. The molecule has 0 unspecified atom stereocenters. The molecule has 32 heavy (non-hydrogen) atoms. The summed E-state index contributed by atoms with van der Waals surface area (Å²) in [6.07, 6.45) is 0. The van der Waals surface area contributed by atoms with Crippen molar-refractivity contribution in [3.63, 3.8) is 0 Å². The number of benzene rings is 3. The molecule has 0 fully saturated rings. The first-order chi connectivity index (χ1) is 15.3. The standard InChI is InChI=1S/C22H19Cl3N2O3S2/c23-19-9-6-15(12-21(19)25)14-31-11-10-26-22(28)18-8-7-16(13-20(18)24)27-32(29,30)17-4-2-1-3-5-17/h1-9,12-13,27H,10-11,14H2,(H,26,28). The van der Waals surface area contributed by atoms with Crippen molar-refractivity contribution >= 4 is 68.2 Å². The van der Waals surface area contributed by atoms with Crippen LogP contribution in [0.3, 0.4) is 0 Å². The summed E-state index contributed by atoms with van der Waals surface area (Å²) in [4.78, 5) is 12.6. The van der Waals surface area contributed by atoms with Gasteiger partial charge in [-0.15, -0.1) is 0 Å². The van der Waals surface area contributed by atoms with Crippen LogP contribution >= 0.6 is 46.6 Å². The molecular formula is C22H19Cl3N2O3S2. The number of sulfonamides is 1. The first kappa shape index (κ1) is 24.7. The Bertz CT molecular complexity index is 1210. The number of anilines is 1. The van der Waals surface area contributed by atoms with Gasteiger partial charge in [-0.3, -0.25) is 9.52 Å². The van der Waals surface area contributed by atoms with Gasteiger partial charge in [0.15, 0.2) is 0 Å². The maximum atomic E-state index is 12.4. The van der Waals surface area contributed by atoms with Crippen LogP contribution in [0.15, 0.2) is 71.6 Å². The fraction of sp³-hybridized carbons (Fsp3) is 0.136. The van der Waals surface area contributed by atoms with Crippen LogP contribution in [0.5, 0.6) is 0 Å². The topological polar surface area (TPSA) is 75.3 Å². The molecule has 0 spiro atoms. The zero-order valence-electron chi connectivity index (χ0n) is 16.6. The largest absolute Gasteiger partial charge is 0.351 e. The molecule has 0 aliphatic rings. The smallest absolute Gasteiger partial charge is 0.261 e. The Hall–Kier alpha value is -1.90. The molecular weight excluding hydrogens is 511 g/mol. The van der Waals surface area contributed by atoms with Gasteiger partial charge in [0, 0.05) is 18.1 Å². The second kappa shape index (κ2) is 11.3. The van der Waals surface area contributed by atoms with E-state index in [1.807, 2.05) is 12.1 Å². The highest BCUT2D eigenvalue weighted by Gasteiger charge is 2.16. The number of nitrogens with one attached hydrogen (secondary N) is 2. The Labute approximate surface area is 206 Å². The van der Waals surface area contributed by atoms with Gasteiger partial charge in [-0.1, -0.05) is 59.1 Å². The molecule has 0 saturated carbocycles. The molecule has 3 aromatic carbocycles. The third-order valence-electron chi connectivity index (χ3n) is 4.30. The van der Waals surface area contributed by atoms with Crippen LogP contribution in [-0.2, 0) is 15.8 Å². The SMILES string of the molecule is O=C(NCCSCc1ccc(Cl)c(Cl)c1)c1ccc(NS(=O)(=O)c2ccccc2)cc1Cl. The molecule has 0 saturated heterocycles. The minimum Gasteiger partial charge on any atom is -0.351 e. The van der Waals surface area contributed by atoms with Crippen molar-refractivity contribution in [1.29, 1.82) is 0 Å². The predicted molar refractivity (Wildman–Crippen MR) is 134 cm³/mol. The van der Waals surface area contributed by atoms with Crippen molar-refractivity contribution < 1.29 is 13.2 Å². The average Bonchev–Trinajstić information content (AvgIpc) is 2.76. The zero-order valence-corrected chi connectivity index (χ0v) is 20.5. The molecule has 0 atom stereocenters. The van der Waals surface area contributed by atoms with E-state index in [0.717, 1.165) is 11.3 Å². The molecule has 168 valence electrons. The van der Waals surface area contributed by atoms with Gasteiger partial charge in [0.25, 0.3) is 15.9 Å². The molecule has 0 aromatic heterocycles. The van der Waals surface area contributed by atoms with Crippen molar-refractivity contribution in [2.45, 2.75) is 10.6 Å². The number of thioether (sulfide) groups is 1. The van der Waals surface area contributed by atoms with Crippen LogP contribution in [0.1, 0.15) is 15.9 Å². The maximum absolute atomic E-state index is 12.4. The van der Waals surface area contributed by atoms with Gasteiger partial charge in [0.2, 0.25) is 0 Å². The molecule has 0 radical (unpaired) electrons. The van der Waals surface area contributed by atoms with E-state index >= 15 is 0 Å². The van der Waals surface area contributed by atoms with Gasteiger partial charge in [0.05, 0.1) is 31.2 Å². The van der Waals surface area contributed by atoms with Crippen LogP contribution in [0, 0.1) is 0 Å². The predicted octanol–water partition coefficient (Wildman–Crippen LogP) is 6.11. The lowest BCUT2D eigenvalue weighted by Gasteiger charge is -2.11. The molecule has 5 nitrogen and oxygen atoms in total. The van der Waals surface area contributed by atoms with E-state index in [2.05, 4.69) is 10.0 Å². The van der Waals surface area contributed by atoms with Crippen LogP contribution < -0.4 is 10.0 Å². The Kier molecular flexibility index (Phi) is 8.73. The van der Waals surface area contributed by atoms with E-state index < -0.39 is 10.0 Å². The van der Waals surface area contributed by atoms with Crippen LogP contribution in [0.25, 0.3) is 0 Å². The summed E-state index contributed by atoms with van der Waals surface area (Å²) in [5, 5.41) is 4.00. The zero-order chi connectivity index (χ0) is 23.1. The van der Waals surface area contributed by atoms with Crippen LogP contribution in [-0.4, -0.2) is 26.6 Å². The van der Waals surface area contributed by atoms with Gasteiger partial charge in [-0.25, -0.2) is 8.42 Å². The first-order valence-corrected chi connectivity index (χ1v) is 13.2. The van der Waals surface area contributed by atoms with Gasteiger partial charge >= 0.3 is 0 Å². The molecule has 1 amide bonds. The summed E-state index contributed by atoms with van der Waals surface area (Å²) >= 11 is 19.8. The van der Waals surface area contributed by atoms with E-state index in [1.54, 1.807) is 36.0 Å². The van der Waals surface area contributed by atoms with E-state index in [-0.39, 0.29) is 27.1 Å². The van der Waals surface area contributed by atoms with Gasteiger partial charge in [-0.05, 0) is 48.0 Å². The minimum atomic E-state index is -3.74. The number of hydrogen-bond acceptors (Lipinski definition) is 4. The highest BCUT2D eigenvalue weighted by molar-refractivity contribution is 7.98. The van der Waals surface area contributed by atoms with E-state index in [9.17, 15) is 13.2 Å². The number of hydrogen-bond donors (Lipinski definition) is 2. The van der Waals surface area contributed by atoms with E-state index in [4.69, 9.17) is 34.8 Å². The lowest BCUT2D eigenvalue weighted by Crippen LogP contribution is -2.26. The molecule has 0 bridgehead atoms.